The minimum atomic E-state index is -0.718. The third-order valence-corrected chi connectivity index (χ3v) is 4.16. The van der Waals surface area contributed by atoms with Crippen molar-refractivity contribution in [3.63, 3.8) is 0 Å². The summed E-state index contributed by atoms with van der Waals surface area (Å²) in [6, 6.07) is 4.36. The Labute approximate surface area is 146 Å². The Morgan fingerprint density at radius 1 is 0.958 bits per heavy atom. The lowest BCUT2D eigenvalue weighted by Crippen LogP contribution is -2.15. The van der Waals surface area contributed by atoms with E-state index in [1.54, 1.807) is 6.07 Å². The Balaban J connectivity index is 2.03. The topological polar surface area (TPSA) is 72.7 Å². The zero-order valence-corrected chi connectivity index (χ0v) is 14.9. The van der Waals surface area contributed by atoms with E-state index >= 15 is 0 Å². The average Bonchev–Trinajstić information content (AvgIpc) is 2.58. The number of hydrogen-bond acceptors (Lipinski definition) is 4. The monoisotopic (exact) mass is 335 g/mol. The van der Waals surface area contributed by atoms with Crippen LogP contribution in [0.3, 0.4) is 0 Å². The van der Waals surface area contributed by atoms with E-state index in [1.165, 1.54) is 63.5 Å². The van der Waals surface area contributed by atoms with Crippen LogP contribution in [-0.2, 0) is 0 Å². The number of phenolic OH excluding ortho intramolecular Hbond substituents is 2. The smallest absolute Gasteiger partial charge is 0.157 e. The summed E-state index contributed by atoms with van der Waals surface area (Å²) >= 11 is 0. The summed E-state index contributed by atoms with van der Waals surface area (Å²) in [6.45, 7) is 2.62. The fourth-order valence-corrected chi connectivity index (χ4v) is 2.61. The third-order valence-electron chi connectivity index (χ3n) is 4.16. The van der Waals surface area contributed by atoms with Gasteiger partial charge in [0.1, 0.15) is 0 Å². The van der Waals surface area contributed by atoms with Gasteiger partial charge in [0, 0.05) is 6.54 Å². The molecular weight excluding hydrogens is 302 g/mol. The zero-order chi connectivity index (χ0) is 17.6. The van der Waals surface area contributed by atoms with E-state index in [0.29, 0.717) is 12.1 Å². The molecule has 0 saturated heterocycles. The van der Waals surface area contributed by atoms with Crippen LogP contribution in [0.25, 0.3) is 0 Å². The molecule has 0 aromatic heterocycles. The van der Waals surface area contributed by atoms with Crippen LogP contribution in [0.4, 0.5) is 0 Å². The highest BCUT2D eigenvalue weighted by atomic mass is 16.3. The van der Waals surface area contributed by atoms with E-state index in [2.05, 4.69) is 18.3 Å². The molecule has 0 amide bonds. The fraction of sp³-hybridized carbons (Fsp3) is 0.600. The molecule has 24 heavy (non-hydrogen) atoms. The first kappa shape index (κ1) is 20.4. The van der Waals surface area contributed by atoms with Crippen LogP contribution in [0, 0.1) is 0 Å². The van der Waals surface area contributed by atoms with Crippen molar-refractivity contribution in [3.8, 4) is 11.5 Å². The first-order chi connectivity index (χ1) is 11.6. The summed E-state index contributed by atoms with van der Waals surface area (Å²) in [5.74, 6) is -0.388. The van der Waals surface area contributed by atoms with Crippen molar-refractivity contribution in [2.24, 2.45) is 0 Å². The van der Waals surface area contributed by atoms with Crippen molar-refractivity contribution in [1.29, 1.82) is 0 Å². The van der Waals surface area contributed by atoms with Gasteiger partial charge in [-0.15, -0.1) is 0 Å². The summed E-state index contributed by atoms with van der Waals surface area (Å²) in [5, 5.41) is 31.8. The lowest BCUT2D eigenvalue weighted by atomic mass is 10.1. The number of phenols is 2. The number of rotatable bonds is 13. The van der Waals surface area contributed by atoms with Crippen molar-refractivity contribution in [3.05, 3.63) is 36.0 Å². The molecule has 0 heterocycles. The van der Waals surface area contributed by atoms with Crippen molar-refractivity contribution in [1.82, 2.24) is 5.32 Å². The predicted molar refractivity (Wildman–Crippen MR) is 99.1 cm³/mol. The number of aliphatic hydroxyl groups excluding tert-OH is 1. The Morgan fingerprint density at radius 2 is 1.62 bits per heavy atom. The summed E-state index contributed by atoms with van der Waals surface area (Å²) in [6.07, 6.45) is 14.9. The number of aromatic hydroxyl groups is 2. The van der Waals surface area contributed by atoms with Gasteiger partial charge < -0.3 is 20.6 Å². The number of unbranched alkanes of at least 4 members (excludes halogenated alkanes) is 8. The minimum Gasteiger partial charge on any atom is -0.504 e. The van der Waals surface area contributed by atoms with Crippen LogP contribution in [0.2, 0.25) is 0 Å². The molecule has 0 radical (unpaired) electrons. The fourth-order valence-electron chi connectivity index (χ4n) is 2.61. The van der Waals surface area contributed by atoms with Gasteiger partial charge in [0.25, 0.3) is 0 Å². The summed E-state index contributed by atoms with van der Waals surface area (Å²) in [5.41, 5.74) is 0.578. The minimum absolute atomic E-state index is 0.177. The van der Waals surface area contributed by atoms with Gasteiger partial charge in [0.15, 0.2) is 11.5 Å². The Kier molecular flexibility index (Phi) is 10.8. The Bertz CT molecular complexity index is 474. The maximum absolute atomic E-state index is 10.0. The highest BCUT2D eigenvalue weighted by Gasteiger charge is 2.08. The van der Waals surface area contributed by atoms with Crippen molar-refractivity contribution < 1.29 is 15.3 Å². The van der Waals surface area contributed by atoms with E-state index < -0.39 is 6.10 Å². The summed E-state index contributed by atoms with van der Waals surface area (Å²) in [4.78, 5) is 0. The van der Waals surface area contributed by atoms with Gasteiger partial charge in [0.05, 0.1) is 6.10 Å². The van der Waals surface area contributed by atoms with Crippen LogP contribution < -0.4 is 5.32 Å². The van der Waals surface area contributed by atoms with Crippen LogP contribution in [0.1, 0.15) is 76.4 Å². The molecule has 0 aliphatic carbocycles. The lowest BCUT2D eigenvalue weighted by molar-refractivity contribution is 0.179. The molecule has 136 valence electrons. The predicted octanol–water partition coefficient (Wildman–Crippen LogP) is 4.77. The molecule has 1 aromatic carbocycles. The normalized spacial score (nSPS) is 12.6. The van der Waals surface area contributed by atoms with E-state index in [4.69, 9.17) is 0 Å². The third kappa shape index (κ3) is 8.82. The zero-order valence-electron chi connectivity index (χ0n) is 14.9. The van der Waals surface area contributed by atoms with Gasteiger partial charge in [-0.1, -0.05) is 64.0 Å². The van der Waals surface area contributed by atoms with Crippen LogP contribution >= 0.6 is 0 Å². The first-order valence-electron chi connectivity index (χ1n) is 9.23. The lowest BCUT2D eigenvalue weighted by Gasteiger charge is -2.11. The van der Waals surface area contributed by atoms with Crippen LogP contribution in [0.5, 0.6) is 11.5 Å². The second-order valence-electron chi connectivity index (χ2n) is 6.34. The van der Waals surface area contributed by atoms with Gasteiger partial charge in [-0.25, -0.2) is 0 Å². The Morgan fingerprint density at radius 3 is 2.29 bits per heavy atom. The maximum atomic E-state index is 10.0. The van der Waals surface area contributed by atoms with Crippen LogP contribution in [-0.4, -0.2) is 21.9 Å². The number of aliphatic hydroxyl groups is 1. The highest BCUT2D eigenvalue weighted by molar-refractivity contribution is 5.41. The number of allylic oxidation sites excluding steroid dienone is 1. The second-order valence-corrected chi connectivity index (χ2v) is 6.34. The molecule has 0 aliphatic rings. The van der Waals surface area contributed by atoms with Crippen molar-refractivity contribution >= 4 is 0 Å². The number of benzene rings is 1. The quantitative estimate of drug-likeness (QED) is 0.310. The molecule has 4 N–H and O–H groups in total. The molecule has 0 bridgehead atoms. The molecule has 0 spiro atoms. The van der Waals surface area contributed by atoms with Crippen molar-refractivity contribution in [2.75, 3.05) is 6.54 Å². The average molecular weight is 335 g/mol. The molecule has 1 aromatic rings. The van der Waals surface area contributed by atoms with E-state index in [1.807, 2.05) is 6.20 Å². The molecule has 0 saturated carbocycles. The van der Waals surface area contributed by atoms with Crippen molar-refractivity contribution in [2.45, 2.75) is 70.8 Å². The number of hydrogen-bond donors (Lipinski definition) is 4. The maximum Gasteiger partial charge on any atom is 0.157 e. The Hall–Kier alpha value is -1.68. The highest BCUT2D eigenvalue weighted by Crippen LogP contribution is 2.27. The van der Waals surface area contributed by atoms with Crippen LogP contribution in [0.15, 0.2) is 30.5 Å². The first-order valence-corrected chi connectivity index (χ1v) is 9.23. The second kappa shape index (κ2) is 12.7. The van der Waals surface area contributed by atoms with E-state index in [0.717, 1.165) is 6.42 Å². The molecule has 1 atom stereocenters. The van der Waals surface area contributed by atoms with Gasteiger partial charge in [-0.05, 0) is 36.7 Å². The van der Waals surface area contributed by atoms with E-state index in [-0.39, 0.29) is 11.5 Å². The molecular formula is C20H33NO3. The standard InChI is InChI=1S/C20H33NO3/c1-2-3-4-5-6-7-8-9-10-11-14-21-16-20(24)17-12-13-18(22)19(23)15-17/h11-15,20-24H,2-10,16H2,1H3/b14-11+. The molecule has 1 rings (SSSR count). The molecule has 4 nitrogen and oxygen atoms in total. The molecule has 1 unspecified atom stereocenters. The van der Waals surface area contributed by atoms with Gasteiger partial charge in [-0.3, -0.25) is 0 Å². The summed E-state index contributed by atoms with van der Waals surface area (Å²) < 4.78 is 0. The van der Waals surface area contributed by atoms with Gasteiger partial charge >= 0.3 is 0 Å². The largest absolute Gasteiger partial charge is 0.504 e. The molecule has 0 fully saturated rings. The summed E-state index contributed by atoms with van der Waals surface area (Å²) in [7, 11) is 0. The SMILES string of the molecule is CCCCCCCCCC/C=C/NCC(O)c1ccc(O)c(O)c1. The van der Waals surface area contributed by atoms with Gasteiger partial charge in [-0.2, -0.15) is 0 Å². The molecule has 4 heteroatoms. The molecule has 0 aliphatic heterocycles. The van der Waals surface area contributed by atoms with E-state index in [9.17, 15) is 15.3 Å². The number of nitrogens with one attached hydrogen (secondary N) is 1. The van der Waals surface area contributed by atoms with Gasteiger partial charge in [0.2, 0.25) is 0 Å².